The summed E-state index contributed by atoms with van der Waals surface area (Å²) < 4.78 is 5.07. The van der Waals surface area contributed by atoms with Crippen molar-refractivity contribution in [2.45, 2.75) is 6.92 Å². The minimum absolute atomic E-state index is 0.344. The number of rotatable bonds is 4. The Morgan fingerprint density at radius 1 is 1.55 bits per heavy atom. The Labute approximate surface area is 118 Å². The first kappa shape index (κ1) is 13.9. The maximum absolute atomic E-state index is 12.1. The zero-order chi connectivity index (χ0) is 14.5. The van der Waals surface area contributed by atoms with E-state index in [1.54, 1.807) is 18.4 Å². The number of methoxy groups -OCH3 is 1. The van der Waals surface area contributed by atoms with E-state index in [2.05, 4.69) is 20.4 Å². The molecule has 0 radical (unpaired) electrons. The molecule has 0 fully saturated rings. The summed E-state index contributed by atoms with van der Waals surface area (Å²) in [5, 5.41) is 16.5. The number of oxime groups is 1. The van der Waals surface area contributed by atoms with E-state index in [9.17, 15) is 4.79 Å². The lowest BCUT2D eigenvalue weighted by atomic mass is 10.2. The van der Waals surface area contributed by atoms with Crippen molar-refractivity contribution in [3.63, 3.8) is 0 Å². The highest BCUT2D eigenvalue weighted by atomic mass is 32.1. The van der Waals surface area contributed by atoms with Gasteiger partial charge in [0.05, 0.1) is 18.9 Å². The van der Waals surface area contributed by atoms with Gasteiger partial charge in [0.2, 0.25) is 0 Å². The van der Waals surface area contributed by atoms with Crippen molar-refractivity contribution in [2.75, 3.05) is 12.4 Å². The summed E-state index contributed by atoms with van der Waals surface area (Å²) in [6, 6.07) is 1.56. The number of carbonyl (C=O) groups excluding carboxylic acids is 1. The fourth-order valence-electron chi connectivity index (χ4n) is 1.44. The van der Waals surface area contributed by atoms with Crippen LogP contribution in [0, 0.1) is 0 Å². The number of nitrogens with zero attached hydrogens (tertiary/aromatic N) is 3. The van der Waals surface area contributed by atoms with E-state index in [0.29, 0.717) is 27.9 Å². The summed E-state index contributed by atoms with van der Waals surface area (Å²) in [5.74, 6) is 0.0404. The molecule has 104 valence electrons. The van der Waals surface area contributed by atoms with Crippen molar-refractivity contribution in [2.24, 2.45) is 5.16 Å². The Kier molecular flexibility index (Phi) is 4.26. The van der Waals surface area contributed by atoms with E-state index in [0.717, 1.165) is 0 Å². The van der Waals surface area contributed by atoms with Crippen LogP contribution in [0.25, 0.3) is 0 Å². The largest absolute Gasteiger partial charge is 0.494 e. The molecule has 0 bridgehead atoms. The van der Waals surface area contributed by atoms with Crippen LogP contribution in [0.15, 0.2) is 29.0 Å². The average Bonchev–Trinajstić information content (AvgIpc) is 2.94. The van der Waals surface area contributed by atoms with Gasteiger partial charge in [0.15, 0.2) is 5.13 Å². The standard InChI is InChI=1S/C12H12N4O3S/c1-7(16-18)9-6-20-12(14-9)15-11(17)8-3-4-13-5-10(8)19-2/h3-6,18H,1-2H3,(H,14,15,17)/b16-7+. The van der Waals surface area contributed by atoms with Gasteiger partial charge in [-0.1, -0.05) is 5.16 Å². The van der Waals surface area contributed by atoms with E-state index in [-0.39, 0.29) is 5.91 Å². The maximum atomic E-state index is 12.1. The lowest BCUT2D eigenvalue weighted by molar-refractivity contribution is 0.102. The molecule has 0 saturated carbocycles. The average molecular weight is 292 g/mol. The van der Waals surface area contributed by atoms with Crippen molar-refractivity contribution < 1.29 is 14.7 Å². The quantitative estimate of drug-likeness (QED) is 0.510. The van der Waals surface area contributed by atoms with Crippen molar-refractivity contribution in [3.05, 3.63) is 35.1 Å². The monoisotopic (exact) mass is 292 g/mol. The number of hydrogen-bond donors (Lipinski definition) is 2. The number of hydrogen-bond acceptors (Lipinski definition) is 7. The van der Waals surface area contributed by atoms with E-state index in [1.165, 1.54) is 30.8 Å². The fourth-order valence-corrected chi connectivity index (χ4v) is 2.19. The van der Waals surface area contributed by atoms with Crippen molar-refractivity contribution in [3.8, 4) is 5.75 Å². The SMILES string of the molecule is COc1cnccc1C(=O)Nc1nc(/C(C)=N/O)cs1. The molecule has 2 N–H and O–H groups in total. The minimum atomic E-state index is -0.344. The summed E-state index contributed by atoms with van der Waals surface area (Å²) in [6.45, 7) is 1.62. The third-order valence-electron chi connectivity index (χ3n) is 2.49. The van der Waals surface area contributed by atoms with Crippen molar-refractivity contribution in [1.29, 1.82) is 0 Å². The molecule has 8 heteroatoms. The van der Waals surface area contributed by atoms with E-state index < -0.39 is 0 Å². The maximum Gasteiger partial charge on any atom is 0.261 e. The van der Waals surface area contributed by atoms with Gasteiger partial charge in [0.1, 0.15) is 17.2 Å². The number of pyridine rings is 1. The molecule has 20 heavy (non-hydrogen) atoms. The zero-order valence-electron chi connectivity index (χ0n) is 10.8. The van der Waals surface area contributed by atoms with E-state index >= 15 is 0 Å². The predicted octanol–water partition coefficient (Wildman–Crippen LogP) is 2.00. The smallest absolute Gasteiger partial charge is 0.261 e. The van der Waals surface area contributed by atoms with Crippen LogP contribution in [0.2, 0.25) is 0 Å². The van der Waals surface area contributed by atoms with Gasteiger partial charge < -0.3 is 9.94 Å². The molecular formula is C12H12N4O3S. The van der Waals surface area contributed by atoms with E-state index in [4.69, 9.17) is 9.94 Å². The van der Waals surface area contributed by atoms with Gasteiger partial charge in [-0.15, -0.1) is 11.3 Å². The number of thiazole rings is 1. The third-order valence-corrected chi connectivity index (χ3v) is 3.25. The number of aromatic nitrogens is 2. The molecule has 2 aromatic heterocycles. The zero-order valence-corrected chi connectivity index (χ0v) is 11.6. The lowest BCUT2D eigenvalue weighted by Crippen LogP contribution is -2.13. The van der Waals surface area contributed by atoms with Gasteiger partial charge in [-0.25, -0.2) is 4.98 Å². The van der Waals surface area contributed by atoms with Crippen molar-refractivity contribution in [1.82, 2.24) is 9.97 Å². The lowest BCUT2D eigenvalue weighted by Gasteiger charge is -2.06. The molecule has 2 aromatic rings. The van der Waals surface area contributed by atoms with Crippen LogP contribution in [-0.4, -0.2) is 33.9 Å². The Balaban J connectivity index is 2.17. The molecule has 2 rings (SSSR count). The molecule has 0 atom stereocenters. The molecule has 0 aliphatic carbocycles. The first-order chi connectivity index (χ1) is 9.65. The highest BCUT2D eigenvalue weighted by molar-refractivity contribution is 7.14. The number of anilines is 1. The van der Waals surface area contributed by atoms with Gasteiger partial charge in [0.25, 0.3) is 5.91 Å². The Hall–Kier alpha value is -2.48. The van der Waals surface area contributed by atoms with Crippen molar-refractivity contribution >= 4 is 28.1 Å². The van der Waals surface area contributed by atoms with Gasteiger partial charge in [-0.2, -0.15) is 0 Å². The predicted molar refractivity (Wildman–Crippen MR) is 74.9 cm³/mol. The molecule has 0 saturated heterocycles. The number of amides is 1. The summed E-state index contributed by atoms with van der Waals surface area (Å²) in [7, 11) is 1.47. The molecule has 0 aliphatic heterocycles. The summed E-state index contributed by atoms with van der Waals surface area (Å²) in [6.07, 6.45) is 2.97. The highest BCUT2D eigenvalue weighted by Gasteiger charge is 2.14. The summed E-state index contributed by atoms with van der Waals surface area (Å²) in [5.41, 5.74) is 1.25. The number of ether oxygens (including phenoxy) is 1. The van der Waals surface area contributed by atoms with Gasteiger partial charge in [-0.05, 0) is 13.0 Å². The second-order valence-electron chi connectivity index (χ2n) is 3.75. The van der Waals surface area contributed by atoms with Gasteiger partial charge >= 0.3 is 0 Å². The normalized spacial score (nSPS) is 11.2. The minimum Gasteiger partial charge on any atom is -0.494 e. The molecule has 0 unspecified atom stereocenters. The first-order valence-electron chi connectivity index (χ1n) is 5.59. The first-order valence-corrected chi connectivity index (χ1v) is 6.47. The highest BCUT2D eigenvalue weighted by Crippen LogP contribution is 2.20. The molecule has 0 spiro atoms. The van der Waals surface area contributed by atoms with Crippen LogP contribution in [0.1, 0.15) is 23.0 Å². The summed E-state index contributed by atoms with van der Waals surface area (Å²) in [4.78, 5) is 20.1. The molecule has 1 amide bonds. The van der Waals surface area contributed by atoms with Crippen LogP contribution in [0.4, 0.5) is 5.13 Å². The summed E-state index contributed by atoms with van der Waals surface area (Å²) >= 11 is 1.24. The second-order valence-corrected chi connectivity index (χ2v) is 4.61. The Morgan fingerprint density at radius 2 is 2.35 bits per heavy atom. The number of nitrogens with one attached hydrogen (secondary N) is 1. The number of carbonyl (C=O) groups is 1. The van der Waals surface area contributed by atoms with Gasteiger partial charge in [-0.3, -0.25) is 15.1 Å². The van der Waals surface area contributed by atoms with Crippen LogP contribution in [-0.2, 0) is 0 Å². The topological polar surface area (TPSA) is 96.7 Å². The van der Waals surface area contributed by atoms with Crippen LogP contribution >= 0.6 is 11.3 Å². The molecule has 0 aromatic carbocycles. The fraction of sp³-hybridized carbons (Fsp3) is 0.167. The Bertz CT molecular complexity index is 654. The molecule has 0 aliphatic rings. The van der Waals surface area contributed by atoms with Gasteiger partial charge in [0, 0.05) is 11.6 Å². The Morgan fingerprint density at radius 3 is 3.05 bits per heavy atom. The van der Waals surface area contributed by atoms with E-state index in [1.807, 2.05) is 0 Å². The molecule has 2 heterocycles. The van der Waals surface area contributed by atoms with Crippen LogP contribution in [0.5, 0.6) is 5.75 Å². The van der Waals surface area contributed by atoms with Crippen LogP contribution < -0.4 is 10.1 Å². The third kappa shape index (κ3) is 2.91. The van der Waals surface area contributed by atoms with Crippen LogP contribution in [0.3, 0.4) is 0 Å². The molecule has 7 nitrogen and oxygen atoms in total. The second kappa shape index (κ2) is 6.11. The molecular weight excluding hydrogens is 280 g/mol.